The molecule has 22 heavy (non-hydrogen) atoms. The Bertz CT molecular complexity index is 511. The van der Waals surface area contributed by atoms with Crippen LogP contribution in [0.25, 0.3) is 0 Å². The predicted octanol–water partition coefficient (Wildman–Crippen LogP) is 3.42. The van der Waals surface area contributed by atoms with Crippen LogP contribution in [0.4, 0.5) is 17.6 Å². The third-order valence-electron chi connectivity index (χ3n) is 3.92. The monoisotopic (exact) mass is 321 g/mol. The number of likely N-dealkylation sites (tertiary alicyclic amines) is 1. The summed E-state index contributed by atoms with van der Waals surface area (Å²) in [5.74, 6) is -2.01. The van der Waals surface area contributed by atoms with E-state index < -0.39 is 23.5 Å². The Morgan fingerprint density at radius 1 is 1.27 bits per heavy atom. The normalized spacial score (nSPS) is 19.2. The van der Waals surface area contributed by atoms with Crippen LogP contribution in [0.5, 0.6) is 5.75 Å². The molecule has 1 aromatic rings. The standard InChI is InChI=1S/C15H19F4NO2/c1-2-7-20-8-5-14(21,6-9-20)11-3-4-12(16)13(10-11)22-15(17,18)19/h3-4,10,21H,2,5-9H2,1H3. The van der Waals surface area contributed by atoms with Crippen molar-refractivity contribution in [3.8, 4) is 5.75 Å². The Kier molecular flexibility index (Phi) is 4.97. The summed E-state index contributed by atoms with van der Waals surface area (Å²) in [4.78, 5) is 2.19. The Morgan fingerprint density at radius 2 is 1.91 bits per heavy atom. The Balaban J connectivity index is 2.17. The van der Waals surface area contributed by atoms with Gasteiger partial charge in [-0.3, -0.25) is 0 Å². The molecule has 1 aliphatic heterocycles. The van der Waals surface area contributed by atoms with Gasteiger partial charge in [0.25, 0.3) is 0 Å². The van der Waals surface area contributed by atoms with Crippen molar-refractivity contribution in [3.05, 3.63) is 29.6 Å². The van der Waals surface area contributed by atoms with E-state index in [1.54, 1.807) is 0 Å². The molecule has 0 bridgehead atoms. The van der Waals surface area contributed by atoms with E-state index in [0.29, 0.717) is 25.9 Å². The minimum Gasteiger partial charge on any atom is -0.403 e. The summed E-state index contributed by atoms with van der Waals surface area (Å²) in [7, 11) is 0. The third-order valence-corrected chi connectivity index (χ3v) is 3.92. The van der Waals surface area contributed by atoms with E-state index >= 15 is 0 Å². The molecule has 1 heterocycles. The minimum absolute atomic E-state index is 0.254. The summed E-state index contributed by atoms with van der Waals surface area (Å²) in [5.41, 5.74) is -0.994. The lowest BCUT2D eigenvalue weighted by molar-refractivity contribution is -0.275. The zero-order valence-electron chi connectivity index (χ0n) is 12.3. The number of alkyl halides is 3. The fourth-order valence-electron chi connectivity index (χ4n) is 2.75. The van der Waals surface area contributed by atoms with Crippen molar-refractivity contribution in [1.29, 1.82) is 0 Å². The number of nitrogens with zero attached hydrogens (tertiary/aromatic N) is 1. The van der Waals surface area contributed by atoms with Crippen LogP contribution < -0.4 is 4.74 Å². The van der Waals surface area contributed by atoms with Gasteiger partial charge >= 0.3 is 6.36 Å². The molecule has 3 nitrogen and oxygen atoms in total. The maximum atomic E-state index is 13.4. The molecule has 124 valence electrons. The molecule has 0 aliphatic carbocycles. The molecule has 1 saturated heterocycles. The van der Waals surface area contributed by atoms with Crippen LogP contribution in [0.2, 0.25) is 0 Å². The van der Waals surface area contributed by atoms with E-state index in [1.165, 1.54) is 6.07 Å². The summed E-state index contributed by atoms with van der Waals surface area (Å²) in [6.07, 6.45) is -3.18. The summed E-state index contributed by atoms with van der Waals surface area (Å²) in [6.45, 7) is 4.28. The third kappa shape index (κ3) is 4.10. The summed E-state index contributed by atoms with van der Waals surface area (Å²) < 4.78 is 53.9. The minimum atomic E-state index is -4.97. The number of ether oxygens (including phenoxy) is 1. The van der Waals surface area contributed by atoms with Gasteiger partial charge in [0.2, 0.25) is 0 Å². The summed E-state index contributed by atoms with van der Waals surface area (Å²) in [5, 5.41) is 10.7. The molecule has 0 aromatic heterocycles. The van der Waals surface area contributed by atoms with Crippen molar-refractivity contribution in [3.63, 3.8) is 0 Å². The fraction of sp³-hybridized carbons (Fsp3) is 0.600. The molecule has 0 saturated carbocycles. The average Bonchev–Trinajstić information content (AvgIpc) is 2.43. The topological polar surface area (TPSA) is 32.7 Å². The van der Waals surface area contributed by atoms with Crippen molar-refractivity contribution in [1.82, 2.24) is 4.90 Å². The van der Waals surface area contributed by atoms with Crippen LogP contribution in [0.1, 0.15) is 31.7 Å². The van der Waals surface area contributed by atoms with Crippen molar-refractivity contribution >= 4 is 0 Å². The maximum absolute atomic E-state index is 13.4. The van der Waals surface area contributed by atoms with E-state index in [9.17, 15) is 22.7 Å². The first-order chi connectivity index (χ1) is 10.2. The number of piperidine rings is 1. The number of hydrogen-bond donors (Lipinski definition) is 1. The Labute approximate surface area is 126 Å². The molecule has 1 N–H and O–H groups in total. The first-order valence-corrected chi connectivity index (χ1v) is 7.24. The molecule has 1 aliphatic rings. The molecular weight excluding hydrogens is 302 g/mol. The first-order valence-electron chi connectivity index (χ1n) is 7.24. The van der Waals surface area contributed by atoms with Gasteiger partial charge in [-0.15, -0.1) is 13.2 Å². The van der Waals surface area contributed by atoms with Gasteiger partial charge in [-0.1, -0.05) is 13.0 Å². The zero-order valence-corrected chi connectivity index (χ0v) is 12.3. The molecule has 1 aromatic carbocycles. The molecule has 1 fully saturated rings. The van der Waals surface area contributed by atoms with Gasteiger partial charge in [0.05, 0.1) is 5.60 Å². The number of aliphatic hydroxyl groups is 1. The molecular formula is C15H19F4NO2. The smallest absolute Gasteiger partial charge is 0.403 e. The van der Waals surface area contributed by atoms with Crippen LogP contribution in [0.3, 0.4) is 0 Å². The van der Waals surface area contributed by atoms with Crippen LogP contribution in [-0.2, 0) is 5.60 Å². The van der Waals surface area contributed by atoms with Crippen LogP contribution in [-0.4, -0.2) is 36.0 Å². The van der Waals surface area contributed by atoms with Crippen molar-refractivity contribution in [2.75, 3.05) is 19.6 Å². The highest BCUT2D eigenvalue weighted by atomic mass is 19.4. The first kappa shape index (κ1) is 17.0. The number of rotatable bonds is 4. The largest absolute Gasteiger partial charge is 0.573 e. The molecule has 0 amide bonds. The quantitative estimate of drug-likeness (QED) is 0.863. The van der Waals surface area contributed by atoms with Crippen LogP contribution in [0.15, 0.2) is 18.2 Å². The van der Waals surface area contributed by atoms with Gasteiger partial charge in [-0.2, -0.15) is 0 Å². The molecule has 0 unspecified atom stereocenters. The second-order valence-corrected chi connectivity index (χ2v) is 5.57. The number of hydrogen-bond acceptors (Lipinski definition) is 3. The predicted molar refractivity (Wildman–Crippen MR) is 72.9 cm³/mol. The lowest BCUT2D eigenvalue weighted by Crippen LogP contribution is -2.42. The second kappa shape index (κ2) is 6.42. The highest BCUT2D eigenvalue weighted by Crippen LogP contribution is 2.36. The van der Waals surface area contributed by atoms with E-state index in [4.69, 9.17) is 0 Å². The SMILES string of the molecule is CCCN1CCC(O)(c2ccc(F)c(OC(F)(F)F)c2)CC1. The van der Waals surface area contributed by atoms with Gasteiger partial charge < -0.3 is 14.7 Å². The second-order valence-electron chi connectivity index (χ2n) is 5.57. The van der Waals surface area contributed by atoms with E-state index in [2.05, 4.69) is 16.6 Å². The fourth-order valence-corrected chi connectivity index (χ4v) is 2.75. The number of benzene rings is 1. The van der Waals surface area contributed by atoms with E-state index in [1.807, 2.05) is 0 Å². The lowest BCUT2D eigenvalue weighted by atomic mass is 9.84. The Hall–Kier alpha value is -1.34. The summed E-state index contributed by atoms with van der Waals surface area (Å²) >= 11 is 0. The van der Waals surface area contributed by atoms with E-state index in [0.717, 1.165) is 25.1 Å². The molecule has 0 radical (unpaired) electrons. The van der Waals surface area contributed by atoms with Gasteiger partial charge in [0.1, 0.15) is 0 Å². The Morgan fingerprint density at radius 3 is 2.45 bits per heavy atom. The van der Waals surface area contributed by atoms with Crippen molar-refractivity contribution in [2.24, 2.45) is 0 Å². The van der Waals surface area contributed by atoms with Gasteiger partial charge in [-0.05, 0) is 43.5 Å². The lowest BCUT2D eigenvalue weighted by Gasteiger charge is -2.38. The van der Waals surface area contributed by atoms with Crippen molar-refractivity contribution in [2.45, 2.75) is 38.1 Å². The van der Waals surface area contributed by atoms with Gasteiger partial charge in [0, 0.05) is 13.1 Å². The van der Waals surface area contributed by atoms with Crippen molar-refractivity contribution < 1.29 is 27.4 Å². The molecule has 2 rings (SSSR count). The van der Waals surface area contributed by atoms with Crippen LogP contribution >= 0.6 is 0 Å². The van der Waals surface area contributed by atoms with E-state index in [-0.39, 0.29) is 5.56 Å². The average molecular weight is 321 g/mol. The number of halogens is 4. The maximum Gasteiger partial charge on any atom is 0.573 e. The highest BCUT2D eigenvalue weighted by molar-refractivity contribution is 5.34. The van der Waals surface area contributed by atoms with Crippen LogP contribution in [0, 0.1) is 5.82 Å². The summed E-state index contributed by atoms with van der Waals surface area (Å²) in [6, 6.07) is 3.15. The molecule has 0 atom stereocenters. The molecule has 0 spiro atoms. The van der Waals surface area contributed by atoms with Gasteiger partial charge in [-0.25, -0.2) is 4.39 Å². The zero-order chi connectivity index (χ0) is 16.4. The van der Waals surface area contributed by atoms with Gasteiger partial charge in [0.15, 0.2) is 11.6 Å². The molecule has 7 heteroatoms. The highest BCUT2D eigenvalue weighted by Gasteiger charge is 2.36.